The van der Waals surface area contributed by atoms with Gasteiger partial charge in [-0.3, -0.25) is 9.98 Å². The number of aliphatic imine (C=N–C) groups is 1. The maximum absolute atomic E-state index is 6.04. The van der Waals surface area contributed by atoms with Crippen LogP contribution in [0.3, 0.4) is 0 Å². The van der Waals surface area contributed by atoms with E-state index in [-0.39, 0.29) is 0 Å². The summed E-state index contributed by atoms with van der Waals surface area (Å²) < 4.78 is 6.04. The minimum absolute atomic E-state index is 0.639. The minimum atomic E-state index is 0.639. The Balaban J connectivity index is 1.55. The molecule has 5 nitrogen and oxygen atoms in total. The van der Waals surface area contributed by atoms with Crippen LogP contribution in [0.2, 0.25) is 0 Å². The number of aromatic nitrogens is 1. The molecule has 0 bridgehead atoms. The quantitative estimate of drug-likeness (QED) is 0.593. The number of rotatable bonds is 7. The first kappa shape index (κ1) is 18.2. The van der Waals surface area contributed by atoms with Gasteiger partial charge in [-0.15, -0.1) is 0 Å². The fourth-order valence-corrected chi connectivity index (χ4v) is 2.71. The Kier molecular flexibility index (Phi) is 6.10. The zero-order chi connectivity index (χ0) is 18.4. The Labute approximate surface area is 155 Å². The molecule has 0 saturated heterocycles. The Morgan fingerprint density at radius 1 is 1.15 bits per heavy atom. The van der Waals surface area contributed by atoms with E-state index in [1.165, 1.54) is 18.4 Å². The zero-order valence-electron chi connectivity index (χ0n) is 15.9. The summed E-state index contributed by atoms with van der Waals surface area (Å²) >= 11 is 0. The molecular formula is C21H28N4O. The zero-order valence-corrected chi connectivity index (χ0v) is 15.9. The Morgan fingerprint density at radius 2 is 1.96 bits per heavy atom. The standard InChI is InChI=1S/C21H28N4O/c1-15-7-10-18(20(11-15)26-14-17-8-9-17)12-23-21(22-3)24-13-19-6-4-5-16(2)25-19/h4-7,10-11,17H,8-9,12-14H2,1-3H3,(H2,22,23,24). The summed E-state index contributed by atoms with van der Waals surface area (Å²) in [6.45, 7) is 6.22. The fraction of sp³-hybridized carbons (Fsp3) is 0.429. The summed E-state index contributed by atoms with van der Waals surface area (Å²) in [5, 5.41) is 6.67. The second-order valence-corrected chi connectivity index (χ2v) is 6.92. The van der Waals surface area contributed by atoms with Gasteiger partial charge in [-0.1, -0.05) is 18.2 Å². The van der Waals surface area contributed by atoms with Crippen molar-refractivity contribution >= 4 is 5.96 Å². The number of hydrogen-bond acceptors (Lipinski definition) is 3. The molecule has 2 N–H and O–H groups in total. The number of ether oxygens (including phenoxy) is 1. The van der Waals surface area contributed by atoms with Crippen LogP contribution in [0.25, 0.3) is 0 Å². The maximum Gasteiger partial charge on any atom is 0.191 e. The van der Waals surface area contributed by atoms with Gasteiger partial charge in [0.1, 0.15) is 5.75 Å². The normalized spacial score (nSPS) is 14.2. The SMILES string of the molecule is CN=C(NCc1cccc(C)n1)NCc1ccc(C)cc1OCC1CC1. The topological polar surface area (TPSA) is 58.5 Å². The van der Waals surface area contributed by atoms with E-state index in [2.05, 4.69) is 45.7 Å². The second kappa shape index (κ2) is 8.70. The summed E-state index contributed by atoms with van der Waals surface area (Å²) in [7, 11) is 1.78. The molecule has 1 heterocycles. The largest absolute Gasteiger partial charge is 0.493 e. The van der Waals surface area contributed by atoms with Gasteiger partial charge in [0.15, 0.2) is 5.96 Å². The molecule has 0 atom stereocenters. The third-order valence-corrected chi connectivity index (χ3v) is 4.45. The maximum atomic E-state index is 6.04. The van der Waals surface area contributed by atoms with E-state index >= 15 is 0 Å². The van der Waals surface area contributed by atoms with Gasteiger partial charge in [-0.2, -0.15) is 0 Å². The number of hydrogen-bond donors (Lipinski definition) is 2. The highest BCUT2D eigenvalue weighted by Gasteiger charge is 2.22. The molecule has 1 aromatic heterocycles. The highest BCUT2D eigenvalue weighted by Crippen LogP contribution is 2.30. The third kappa shape index (κ3) is 5.48. The lowest BCUT2D eigenvalue weighted by molar-refractivity contribution is 0.296. The van der Waals surface area contributed by atoms with Crippen LogP contribution in [-0.2, 0) is 13.1 Å². The first-order valence-corrected chi connectivity index (χ1v) is 9.23. The lowest BCUT2D eigenvalue weighted by Crippen LogP contribution is -2.36. The van der Waals surface area contributed by atoms with Crippen molar-refractivity contribution in [3.63, 3.8) is 0 Å². The molecule has 0 aliphatic heterocycles. The van der Waals surface area contributed by atoms with Crippen molar-refractivity contribution in [3.8, 4) is 5.75 Å². The molecule has 1 fully saturated rings. The number of benzene rings is 1. The van der Waals surface area contributed by atoms with E-state index < -0.39 is 0 Å². The van der Waals surface area contributed by atoms with Gasteiger partial charge in [0.25, 0.3) is 0 Å². The average Bonchev–Trinajstić information content (AvgIpc) is 3.46. The van der Waals surface area contributed by atoms with Crippen molar-refractivity contribution in [1.29, 1.82) is 0 Å². The molecule has 1 aliphatic rings. The van der Waals surface area contributed by atoms with E-state index in [0.29, 0.717) is 13.1 Å². The van der Waals surface area contributed by atoms with Gasteiger partial charge in [-0.25, -0.2) is 0 Å². The highest BCUT2D eigenvalue weighted by molar-refractivity contribution is 5.79. The summed E-state index contributed by atoms with van der Waals surface area (Å²) in [6.07, 6.45) is 2.59. The number of nitrogens with zero attached hydrogens (tertiary/aromatic N) is 2. The summed E-state index contributed by atoms with van der Waals surface area (Å²) in [5.74, 6) is 2.47. The van der Waals surface area contributed by atoms with E-state index in [1.807, 2.05) is 25.1 Å². The van der Waals surface area contributed by atoms with E-state index in [0.717, 1.165) is 41.2 Å². The number of pyridine rings is 1. The molecule has 138 valence electrons. The van der Waals surface area contributed by atoms with Crippen molar-refractivity contribution in [2.75, 3.05) is 13.7 Å². The average molecular weight is 352 g/mol. The molecule has 1 saturated carbocycles. The van der Waals surface area contributed by atoms with E-state index in [4.69, 9.17) is 4.74 Å². The first-order chi connectivity index (χ1) is 12.6. The van der Waals surface area contributed by atoms with Gasteiger partial charge >= 0.3 is 0 Å². The molecule has 0 amide bonds. The molecule has 3 rings (SSSR count). The Morgan fingerprint density at radius 3 is 2.69 bits per heavy atom. The van der Waals surface area contributed by atoms with Crippen LogP contribution in [0.15, 0.2) is 41.4 Å². The van der Waals surface area contributed by atoms with Crippen LogP contribution in [0.1, 0.15) is 35.4 Å². The monoisotopic (exact) mass is 352 g/mol. The van der Waals surface area contributed by atoms with Crippen LogP contribution in [0.5, 0.6) is 5.75 Å². The van der Waals surface area contributed by atoms with E-state index in [9.17, 15) is 0 Å². The fourth-order valence-electron chi connectivity index (χ4n) is 2.71. The second-order valence-electron chi connectivity index (χ2n) is 6.92. The van der Waals surface area contributed by atoms with Gasteiger partial charge in [-0.05, 0) is 56.4 Å². The molecule has 0 spiro atoms. The third-order valence-electron chi connectivity index (χ3n) is 4.45. The minimum Gasteiger partial charge on any atom is -0.493 e. The van der Waals surface area contributed by atoms with Crippen LogP contribution < -0.4 is 15.4 Å². The molecule has 5 heteroatoms. The molecule has 1 aliphatic carbocycles. The van der Waals surface area contributed by atoms with Crippen molar-refractivity contribution in [2.24, 2.45) is 10.9 Å². The van der Waals surface area contributed by atoms with Crippen LogP contribution >= 0.6 is 0 Å². The lowest BCUT2D eigenvalue weighted by Gasteiger charge is -2.15. The Hall–Kier alpha value is -2.56. The summed E-state index contributed by atoms with van der Waals surface area (Å²) in [4.78, 5) is 8.80. The van der Waals surface area contributed by atoms with Gasteiger partial charge in [0.05, 0.1) is 18.8 Å². The lowest BCUT2D eigenvalue weighted by atomic mass is 10.1. The number of guanidine groups is 1. The molecule has 0 radical (unpaired) electrons. The molecule has 1 aromatic carbocycles. The van der Waals surface area contributed by atoms with Gasteiger partial charge in [0.2, 0.25) is 0 Å². The molecule has 26 heavy (non-hydrogen) atoms. The summed E-state index contributed by atoms with van der Waals surface area (Å²) in [5.41, 5.74) is 4.38. The Bertz CT molecular complexity index is 768. The van der Waals surface area contributed by atoms with Crippen molar-refractivity contribution < 1.29 is 4.74 Å². The highest BCUT2D eigenvalue weighted by atomic mass is 16.5. The van der Waals surface area contributed by atoms with Crippen LogP contribution in [0.4, 0.5) is 0 Å². The predicted octanol–water partition coefficient (Wildman–Crippen LogP) is 3.35. The van der Waals surface area contributed by atoms with E-state index in [1.54, 1.807) is 7.05 Å². The van der Waals surface area contributed by atoms with Crippen LogP contribution in [-0.4, -0.2) is 24.6 Å². The number of aryl methyl sites for hydroxylation is 2. The number of nitrogens with one attached hydrogen (secondary N) is 2. The van der Waals surface area contributed by atoms with Crippen molar-refractivity contribution in [1.82, 2.24) is 15.6 Å². The summed E-state index contributed by atoms with van der Waals surface area (Å²) in [6, 6.07) is 12.4. The molecule has 2 aromatic rings. The van der Waals surface area contributed by atoms with Crippen molar-refractivity contribution in [3.05, 3.63) is 58.9 Å². The predicted molar refractivity (Wildman–Crippen MR) is 105 cm³/mol. The molecular weight excluding hydrogens is 324 g/mol. The first-order valence-electron chi connectivity index (χ1n) is 9.23. The smallest absolute Gasteiger partial charge is 0.191 e. The van der Waals surface area contributed by atoms with Gasteiger partial charge < -0.3 is 15.4 Å². The van der Waals surface area contributed by atoms with Crippen LogP contribution in [0, 0.1) is 19.8 Å². The molecule has 0 unspecified atom stereocenters. The van der Waals surface area contributed by atoms with Crippen molar-refractivity contribution in [2.45, 2.75) is 39.8 Å². The van der Waals surface area contributed by atoms with Gasteiger partial charge in [0, 0.05) is 24.8 Å².